The number of rotatable bonds is 1. The quantitative estimate of drug-likeness (QED) is 0.652. The first kappa shape index (κ1) is 9.82. The van der Waals surface area contributed by atoms with E-state index < -0.39 is 17.5 Å². The van der Waals surface area contributed by atoms with Gasteiger partial charge in [-0.05, 0) is 0 Å². The van der Waals surface area contributed by atoms with Gasteiger partial charge in [0.05, 0.1) is 18.8 Å². The number of Topliss-reactive ketones (excluding diaryl/α,β-unsaturated/α-hetero) is 1. The molecule has 0 aromatic heterocycles. The molecular formula is C9H6N2O3. The number of nitrogens with zero attached hydrogens (tertiary/aromatic N) is 2. The molecule has 1 N–H and O–H groups in total. The molecule has 1 aliphatic carbocycles. The maximum Gasteiger partial charge on any atom is 0.222 e. The first-order chi connectivity index (χ1) is 6.65. The van der Waals surface area contributed by atoms with Crippen molar-refractivity contribution in [1.29, 1.82) is 10.5 Å². The number of nitriles is 2. The summed E-state index contributed by atoms with van der Waals surface area (Å²) < 4.78 is 4.68. The van der Waals surface area contributed by atoms with Crippen molar-refractivity contribution in [3.63, 3.8) is 0 Å². The highest BCUT2D eigenvalue weighted by Gasteiger charge is 2.32. The molecule has 1 unspecified atom stereocenters. The third kappa shape index (κ3) is 1.32. The van der Waals surface area contributed by atoms with Gasteiger partial charge in [0.25, 0.3) is 0 Å². The largest absolute Gasteiger partial charge is 0.509 e. The molecule has 0 heterocycles. The zero-order chi connectivity index (χ0) is 10.7. The van der Waals surface area contributed by atoms with Gasteiger partial charge >= 0.3 is 0 Å². The van der Waals surface area contributed by atoms with Crippen molar-refractivity contribution >= 4 is 5.78 Å². The Morgan fingerprint density at radius 2 is 2.21 bits per heavy atom. The number of carbonyl (C=O) groups excluding carboxylic acids is 1. The zero-order valence-electron chi connectivity index (χ0n) is 7.31. The van der Waals surface area contributed by atoms with E-state index in [9.17, 15) is 9.90 Å². The molecule has 0 aromatic rings. The van der Waals surface area contributed by atoms with Crippen LogP contribution in [0.1, 0.15) is 0 Å². The van der Waals surface area contributed by atoms with Crippen molar-refractivity contribution in [1.82, 2.24) is 0 Å². The van der Waals surface area contributed by atoms with Crippen LogP contribution in [0.5, 0.6) is 0 Å². The lowest BCUT2D eigenvalue weighted by Crippen LogP contribution is -2.23. The minimum Gasteiger partial charge on any atom is -0.509 e. The van der Waals surface area contributed by atoms with E-state index >= 15 is 0 Å². The second kappa shape index (κ2) is 3.63. The number of ketones is 1. The van der Waals surface area contributed by atoms with Crippen LogP contribution in [0.4, 0.5) is 0 Å². The summed E-state index contributed by atoms with van der Waals surface area (Å²) >= 11 is 0. The standard InChI is InChI=1S/C9H6N2O3/c1-14-7-2-5(3-10)8(12)6(4-11)9(7)13/h2,6,12H,1H3. The number of aliphatic hydroxyl groups excluding tert-OH is 1. The summed E-state index contributed by atoms with van der Waals surface area (Å²) in [5.74, 6) is -2.57. The van der Waals surface area contributed by atoms with Crippen molar-refractivity contribution in [3.05, 3.63) is 23.2 Å². The monoisotopic (exact) mass is 190 g/mol. The van der Waals surface area contributed by atoms with Crippen LogP contribution in [-0.2, 0) is 9.53 Å². The smallest absolute Gasteiger partial charge is 0.222 e. The first-order valence-electron chi connectivity index (χ1n) is 3.68. The second-order valence-electron chi connectivity index (χ2n) is 2.55. The summed E-state index contributed by atoms with van der Waals surface area (Å²) in [7, 11) is 1.26. The molecule has 70 valence electrons. The molecule has 0 saturated heterocycles. The number of hydrogen-bond donors (Lipinski definition) is 1. The fourth-order valence-electron chi connectivity index (χ4n) is 1.07. The summed E-state index contributed by atoms with van der Waals surface area (Å²) in [4.78, 5) is 11.3. The van der Waals surface area contributed by atoms with E-state index in [0.717, 1.165) is 6.08 Å². The van der Waals surface area contributed by atoms with Crippen molar-refractivity contribution in [2.75, 3.05) is 7.11 Å². The van der Waals surface area contributed by atoms with Gasteiger partial charge in [0.15, 0.2) is 11.7 Å². The molecule has 0 bridgehead atoms. The molecule has 1 rings (SSSR count). The van der Waals surface area contributed by atoms with Crippen molar-refractivity contribution in [2.24, 2.45) is 5.92 Å². The predicted molar refractivity (Wildman–Crippen MR) is 44.5 cm³/mol. The van der Waals surface area contributed by atoms with Crippen molar-refractivity contribution in [3.8, 4) is 12.1 Å². The number of ether oxygens (including phenoxy) is 1. The average molecular weight is 190 g/mol. The van der Waals surface area contributed by atoms with E-state index in [4.69, 9.17) is 10.5 Å². The molecule has 0 saturated carbocycles. The van der Waals surface area contributed by atoms with Crippen LogP contribution in [0, 0.1) is 28.6 Å². The Bertz CT molecular complexity index is 420. The maximum absolute atomic E-state index is 11.3. The highest BCUT2D eigenvalue weighted by molar-refractivity contribution is 6.00. The molecule has 14 heavy (non-hydrogen) atoms. The van der Waals surface area contributed by atoms with E-state index in [2.05, 4.69) is 4.74 Å². The Morgan fingerprint density at radius 1 is 1.57 bits per heavy atom. The van der Waals surface area contributed by atoms with E-state index in [0.29, 0.717) is 0 Å². The van der Waals surface area contributed by atoms with Gasteiger partial charge in [-0.25, -0.2) is 0 Å². The Labute approximate surface area is 80.1 Å². The topological polar surface area (TPSA) is 94.1 Å². The van der Waals surface area contributed by atoms with E-state index in [1.54, 1.807) is 12.1 Å². The summed E-state index contributed by atoms with van der Waals surface area (Å²) in [6.45, 7) is 0. The SMILES string of the molecule is COC1=CC(C#N)=C(O)C(C#N)C1=O. The van der Waals surface area contributed by atoms with Crippen LogP contribution in [-0.4, -0.2) is 18.0 Å². The maximum atomic E-state index is 11.3. The Balaban J connectivity index is 3.28. The molecule has 0 spiro atoms. The lowest BCUT2D eigenvalue weighted by Gasteiger charge is -2.14. The van der Waals surface area contributed by atoms with Gasteiger partial charge in [0.1, 0.15) is 11.8 Å². The van der Waals surface area contributed by atoms with Crippen LogP contribution in [0.2, 0.25) is 0 Å². The Morgan fingerprint density at radius 3 is 2.64 bits per heavy atom. The van der Waals surface area contributed by atoms with Crippen LogP contribution in [0.25, 0.3) is 0 Å². The van der Waals surface area contributed by atoms with Crippen LogP contribution in [0.3, 0.4) is 0 Å². The molecule has 0 fully saturated rings. The van der Waals surface area contributed by atoms with Gasteiger partial charge in [-0.3, -0.25) is 4.79 Å². The van der Waals surface area contributed by atoms with Crippen molar-refractivity contribution in [2.45, 2.75) is 0 Å². The van der Waals surface area contributed by atoms with Crippen LogP contribution < -0.4 is 0 Å². The predicted octanol–water partition coefficient (Wildman–Crippen LogP) is 0.575. The van der Waals surface area contributed by atoms with E-state index in [-0.39, 0.29) is 11.3 Å². The van der Waals surface area contributed by atoms with Gasteiger partial charge in [-0.1, -0.05) is 0 Å². The fraction of sp³-hybridized carbons (Fsp3) is 0.222. The molecule has 0 aliphatic heterocycles. The molecular weight excluding hydrogens is 184 g/mol. The van der Waals surface area contributed by atoms with Crippen molar-refractivity contribution < 1.29 is 14.6 Å². The molecule has 1 aliphatic rings. The highest BCUT2D eigenvalue weighted by atomic mass is 16.5. The van der Waals surface area contributed by atoms with E-state index in [1.165, 1.54) is 7.11 Å². The minimum absolute atomic E-state index is 0.0918. The molecule has 1 atom stereocenters. The normalized spacial score (nSPS) is 20.9. The number of methoxy groups -OCH3 is 1. The Kier molecular flexibility index (Phi) is 2.54. The average Bonchev–Trinajstić information content (AvgIpc) is 2.19. The summed E-state index contributed by atoms with van der Waals surface area (Å²) in [5.41, 5.74) is -0.118. The fourth-order valence-corrected chi connectivity index (χ4v) is 1.07. The third-order valence-electron chi connectivity index (χ3n) is 1.80. The first-order valence-corrected chi connectivity index (χ1v) is 3.68. The molecule has 0 radical (unpaired) electrons. The summed E-state index contributed by atoms with van der Waals surface area (Å²) in [6.07, 6.45) is 1.12. The number of aliphatic hydroxyl groups is 1. The lowest BCUT2D eigenvalue weighted by molar-refractivity contribution is -0.120. The zero-order valence-corrected chi connectivity index (χ0v) is 7.31. The molecule has 5 nitrogen and oxygen atoms in total. The summed E-state index contributed by atoms with van der Waals surface area (Å²) in [6, 6.07) is 3.28. The second-order valence-corrected chi connectivity index (χ2v) is 2.55. The third-order valence-corrected chi connectivity index (χ3v) is 1.80. The van der Waals surface area contributed by atoms with Crippen LogP contribution >= 0.6 is 0 Å². The van der Waals surface area contributed by atoms with Gasteiger partial charge in [0, 0.05) is 6.08 Å². The molecule has 0 aromatic carbocycles. The minimum atomic E-state index is -1.33. The van der Waals surface area contributed by atoms with Crippen LogP contribution in [0.15, 0.2) is 23.2 Å². The summed E-state index contributed by atoms with van der Waals surface area (Å²) in [5, 5.41) is 26.5. The van der Waals surface area contributed by atoms with Gasteiger partial charge < -0.3 is 9.84 Å². The molecule has 0 amide bonds. The van der Waals surface area contributed by atoms with Gasteiger partial charge in [0.2, 0.25) is 5.78 Å². The Hall–Kier alpha value is -2.27. The lowest BCUT2D eigenvalue weighted by atomic mass is 9.93. The van der Waals surface area contributed by atoms with Gasteiger partial charge in [-0.2, -0.15) is 10.5 Å². The highest BCUT2D eigenvalue weighted by Crippen LogP contribution is 2.24. The van der Waals surface area contributed by atoms with Gasteiger partial charge in [-0.15, -0.1) is 0 Å². The number of hydrogen-bond acceptors (Lipinski definition) is 5. The van der Waals surface area contributed by atoms with E-state index in [1.807, 2.05) is 0 Å². The number of carbonyl (C=O) groups is 1. The molecule has 5 heteroatoms. The number of allylic oxidation sites excluding steroid dienone is 4.